The standard InChI is InChI=1S/C13H14O4/c1-2-3-8-17-13(16)7-5-10-4-6-11(14)12(15)9-10/h3-9,14-15H,2H2,1H3/b7-5+,8-3?. The van der Waals surface area contributed by atoms with Gasteiger partial charge in [-0.3, -0.25) is 0 Å². The Labute approximate surface area is 99.5 Å². The lowest BCUT2D eigenvalue weighted by Gasteiger charge is -1.98. The second kappa shape index (κ2) is 6.37. The summed E-state index contributed by atoms with van der Waals surface area (Å²) in [4.78, 5) is 11.2. The number of phenolic OH excluding ortho intramolecular Hbond substituents is 2. The largest absolute Gasteiger partial charge is 0.504 e. The van der Waals surface area contributed by atoms with Crippen LogP contribution < -0.4 is 0 Å². The van der Waals surface area contributed by atoms with Gasteiger partial charge in [0.05, 0.1) is 6.26 Å². The fourth-order valence-corrected chi connectivity index (χ4v) is 1.06. The number of hydrogen-bond acceptors (Lipinski definition) is 4. The summed E-state index contributed by atoms with van der Waals surface area (Å²) in [7, 11) is 0. The van der Waals surface area contributed by atoms with Crippen LogP contribution in [0, 0.1) is 0 Å². The van der Waals surface area contributed by atoms with E-state index in [4.69, 9.17) is 9.84 Å². The SMILES string of the molecule is CCC=COC(=O)/C=C/c1ccc(O)c(O)c1. The maximum absolute atomic E-state index is 11.2. The van der Waals surface area contributed by atoms with Crippen molar-refractivity contribution in [2.24, 2.45) is 0 Å². The number of carbonyl (C=O) groups excluding carboxylic acids is 1. The molecule has 0 unspecified atom stereocenters. The molecule has 0 aliphatic heterocycles. The maximum atomic E-state index is 11.2. The van der Waals surface area contributed by atoms with Crippen molar-refractivity contribution in [1.29, 1.82) is 0 Å². The lowest BCUT2D eigenvalue weighted by atomic mass is 10.2. The molecule has 0 fully saturated rings. The number of hydrogen-bond donors (Lipinski definition) is 2. The predicted molar refractivity (Wildman–Crippen MR) is 64.3 cm³/mol. The minimum Gasteiger partial charge on any atom is -0.504 e. The molecular formula is C13H14O4. The van der Waals surface area contributed by atoms with E-state index in [0.29, 0.717) is 5.56 Å². The van der Waals surface area contributed by atoms with E-state index in [1.807, 2.05) is 6.92 Å². The van der Waals surface area contributed by atoms with Gasteiger partial charge in [0.1, 0.15) is 0 Å². The van der Waals surface area contributed by atoms with Gasteiger partial charge in [0.15, 0.2) is 11.5 Å². The summed E-state index contributed by atoms with van der Waals surface area (Å²) in [5.41, 5.74) is 0.594. The van der Waals surface area contributed by atoms with E-state index >= 15 is 0 Å². The molecule has 1 aromatic rings. The minimum absolute atomic E-state index is 0.199. The number of benzene rings is 1. The molecule has 90 valence electrons. The highest BCUT2D eigenvalue weighted by Gasteiger charge is 1.99. The van der Waals surface area contributed by atoms with E-state index in [-0.39, 0.29) is 11.5 Å². The summed E-state index contributed by atoms with van der Waals surface area (Å²) in [6.45, 7) is 1.93. The summed E-state index contributed by atoms with van der Waals surface area (Å²) in [6.07, 6.45) is 6.58. The highest BCUT2D eigenvalue weighted by Crippen LogP contribution is 2.25. The van der Waals surface area contributed by atoms with Crippen LogP contribution in [0.5, 0.6) is 11.5 Å². The second-order valence-electron chi connectivity index (χ2n) is 3.30. The van der Waals surface area contributed by atoms with Gasteiger partial charge in [0.2, 0.25) is 0 Å². The molecule has 1 aromatic carbocycles. The second-order valence-corrected chi connectivity index (χ2v) is 3.30. The quantitative estimate of drug-likeness (QED) is 0.363. The molecule has 0 saturated carbocycles. The van der Waals surface area contributed by atoms with Gasteiger partial charge >= 0.3 is 5.97 Å². The fraction of sp³-hybridized carbons (Fsp3) is 0.154. The number of aromatic hydroxyl groups is 2. The van der Waals surface area contributed by atoms with Crippen LogP contribution in [0.2, 0.25) is 0 Å². The molecular weight excluding hydrogens is 220 g/mol. The summed E-state index contributed by atoms with van der Waals surface area (Å²) in [5.74, 6) is -0.927. The molecule has 0 aliphatic rings. The van der Waals surface area contributed by atoms with E-state index in [2.05, 4.69) is 0 Å². The Hall–Kier alpha value is -2.23. The minimum atomic E-state index is -0.498. The van der Waals surface area contributed by atoms with Gasteiger partial charge in [-0.1, -0.05) is 13.0 Å². The highest BCUT2D eigenvalue weighted by atomic mass is 16.5. The average Bonchev–Trinajstić information content (AvgIpc) is 2.31. The molecule has 0 aromatic heterocycles. The third kappa shape index (κ3) is 4.42. The van der Waals surface area contributed by atoms with Crippen molar-refractivity contribution in [2.45, 2.75) is 13.3 Å². The topological polar surface area (TPSA) is 66.8 Å². The Kier molecular flexibility index (Phi) is 4.81. The van der Waals surface area contributed by atoms with Crippen LogP contribution in [0.15, 0.2) is 36.6 Å². The zero-order valence-electron chi connectivity index (χ0n) is 9.46. The van der Waals surface area contributed by atoms with Crippen LogP contribution in [0.1, 0.15) is 18.9 Å². The third-order valence-corrected chi connectivity index (χ3v) is 1.93. The van der Waals surface area contributed by atoms with Gasteiger partial charge in [0, 0.05) is 6.08 Å². The van der Waals surface area contributed by atoms with Crippen LogP contribution in [0.4, 0.5) is 0 Å². The molecule has 0 radical (unpaired) electrons. The van der Waals surface area contributed by atoms with Crippen molar-refractivity contribution in [3.8, 4) is 11.5 Å². The molecule has 0 amide bonds. The molecule has 1 rings (SSSR count). The number of ether oxygens (including phenoxy) is 1. The van der Waals surface area contributed by atoms with Crippen LogP contribution in [-0.4, -0.2) is 16.2 Å². The van der Waals surface area contributed by atoms with Crippen molar-refractivity contribution < 1.29 is 19.7 Å². The first-order chi connectivity index (χ1) is 8.13. The molecule has 2 N–H and O–H groups in total. The van der Waals surface area contributed by atoms with Crippen LogP contribution in [0.3, 0.4) is 0 Å². The molecule has 17 heavy (non-hydrogen) atoms. The monoisotopic (exact) mass is 234 g/mol. The predicted octanol–water partition coefficient (Wildman–Crippen LogP) is 2.58. The lowest BCUT2D eigenvalue weighted by Crippen LogP contribution is -1.92. The van der Waals surface area contributed by atoms with Crippen LogP contribution in [-0.2, 0) is 9.53 Å². The van der Waals surface area contributed by atoms with Crippen molar-refractivity contribution in [2.75, 3.05) is 0 Å². The Balaban J connectivity index is 2.61. The zero-order valence-corrected chi connectivity index (χ0v) is 9.46. The van der Waals surface area contributed by atoms with E-state index in [0.717, 1.165) is 6.42 Å². The van der Waals surface area contributed by atoms with Gasteiger partial charge in [-0.25, -0.2) is 4.79 Å². The fourth-order valence-electron chi connectivity index (χ4n) is 1.06. The number of rotatable bonds is 4. The van der Waals surface area contributed by atoms with Gasteiger partial charge in [-0.2, -0.15) is 0 Å². The van der Waals surface area contributed by atoms with Gasteiger partial charge < -0.3 is 14.9 Å². The Bertz CT molecular complexity index is 447. The van der Waals surface area contributed by atoms with E-state index in [1.165, 1.54) is 30.5 Å². The van der Waals surface area contributed by atoms with E-state index in [1.54, 1.807) is 12.1 Å². The molecule has 0 heterocycles. The first-order valence-corrected chi connectivity index (χ1v) is 5.19. The molecule has 0 aliphatic carbocycles. The highest BCUT2D eigenvalue weighted by molar-refractivity contribution is 5.87. The van der Waals surface area contributed by atoms with Crippen LogP contribution >= 0.6 is 0 Å². The summed E-state index contributed by atoms with van der Waals surface area (Å²) < 4.78 is 4.74. The molecule has 0 atom stereocenters. The third-order valence-electron chi connectivity index (χ3n) is 1.93. The first kappa shape index (κ1) is 12.8. The molecule has 0 saturated heterocycles. The maximum Gasteiger partial charge on any atom is 0.335 e. The molecule has 0 spiro atoms. The van der Waals surface area contributed by atoms with Gasteiger partial charge in [-0.15, -0.1) is 0 Å². The zero-order chi connectivity index (χ0) is 12.7. The normalized spacial score (nSPS) is 11.1. The number of carbonyl (C=O) groups is 1. The lowest BCUT2D eigenvalue weighted by molar-refractivity contribution is -0.132. The Morgan fingerprint density at radius 3 is 2.76 bits per heavy atom. The smallest absolute Gasteiger partial charge is 0.335 e. The summed E-state index contributed by atoms with van der Waals surface area (Å²) >= 11 is 0. The van der Waals surface area contributed by atoms with E-state index < -0.39 is 5.97 Å². The number of esters is 1. The number of phenols is 2. The first-order valence-electron chi connectivity index (χ1n) is 5.19. The Morgan fingerprint density at radius 1 is 1.35 bits per heavy atom. The van der Waals surface area contributed by atoms with Crippen molar-refractivity contribution in [3.05, 3.63) is 42.2 Å². The van der Waals surface area contributed by atoms with Crippen molar-refractivity contribution in [3.63, 3.8) is 0 Å². The van der Waals surface area contributed by atoms with Gasteiger partial charge in [-0.05, 0) is 36.3 Å². The molecule has 4 heteroatoms. The van der Waals surface area contributed by atoms with E-state index in [9.17, 15) is 9.90 Å². The Morgan fingerprint density at radius 2 is 2.12 bits per heavy atom. The summed E-state index contributed by atoms with van der Waals surface area (Å²) in [6, 6.07) is 4.26. The average molecular weight is 234 g/mol. The molecule has 0 bridgehead atoms. The van der Waals surface area contributed by atoms with Crippen LogP contribution in [0.25, 0.3) is 6.08 Å². The van der Waals surface area contributed by atoms with Gasteiger partial charge in [0.25, 0.3) is 0 Å². The van der Waals surface area contributed by atoms with Crippen molar-refractivity contribution in [1.82, 2.24) is 0 Å². The van der Waals surface area contributed by atoms with Crippen molar-refractivity contribution >= 4 is 12.0 Å². The molecule has 4 nitrogen and oxygen atoms in total. The number of allylic oxidation sites excluding steroid dienone is 1. The summed E-state index contributed by atoms with van der Waals surface area (Å²) in [5, 5.41) is 18.3.